The number of piperidine rings is 2. The molecule has 3 saturated heterocycles. The van der Waals surface area contributed by atoms with Gasteiger partial charge in [0.05, 0.1) is 36.8 Å². The fourth-order valence-corrected chi connectivity index (χ4v) is 6.79. The number of hydrogen-bond donors (Lipinski definition) is 0. The van der Waals surface area contributed by atoms with Gasteiger partial charge in [0, 0.05) is 24.8 Å². The van der Waals surface area contributed by atoms with Crippen LogP contribution in [0.4, 0.5) is 5.82 Å². The lowest BCUT2D eigenvalue weighted by Crippen LogP contribution is -2.51. The fraction of sp³-hybridized carbons (Fsp3) is 0.486. The minimum absolute atomic E-state index is 0.0367. The third-order valence-corrected chi connectivity index (χ3v) is 9.64. The summed E-state index contributed by atoms with van der Waals surface area (Å²) in [5, 5.41) is 0.587. The number of nitrogens with zero attached hydrogens (tertiary/aromatic N) is 3. The maximum Gasteiger partial charge on any atom is 0.309 e. The Morgan fingerprint density at radius 2 is 1.81 bits per heavy atom. The number of para-hydroxylation sites is 1. The zero-order valence-electron chi connectivity index (χ0n) is 25.3. The van der Waals surface area contributed by atoms with E-state index in [4.69, 9.17) is 25.8 Å². The number of hydrogen-bond acceptors (Lipinski definition) is 7. The molecule has 3 fully saturated rings. The lowest BCUT2D eigenvalue weighted by Gasteiger charge is -2.41. The van der Waals surface area contributed by atoms with Crippen molar-refractivity contribution in [3.63, 3.8) is 0 Å². The van der Waals surface area contributed by atoms with Crippen molar-refractivity contribution in [1.29, 1.82) is 0 Å². The van der Waals surface area contributed by atoms with Crippen molar-refractivity contribution < 1.29 is 19.0 Å². The molecule has 0 unspecified atom stereocenters. The van der Waals surface area contributed by atoms with Crippen molar-refractivity contribution >= 4 is 23.4 Å². The van der Waals surface area contributed by atoms with Crippen molar-refractivity contribution in [2.45, 2.75) is 58.1 Å². The second-order valence-electron chi connectivity index (χ2n) is 12.0. The molecule has 0 radical (unpaired) electrons. The minimum Gasteiger partial charge on any atom is -0.487 e. The van der Waals surface area contributed by atoms with Crippen LogP contribution in [0.5, 0.6) is 5.75 Å². The van der Waals surface area contributed by atoms with Crippen LogP contribution in [0.25, 0.3) is 11.1 Å². The molecule has 6 rings (SSSR count). The van der Waals surface area contributed by atoms with Crippen LogP contribution in [-0.2, 0) is 20.9 Å². The molecule has 228 valence electrons. The van der Waals surface area contributed by atoms with E-state index in [1.807, 2.05) is 37.4 Å². The van der Waals surface area contributed by atoms with E-state index in [9.17, 15) is 4.79 Å². The highest BCUT2D eigenvalue weighted by Crippen LogP contribution is 2.38. The number of ether oxygens (including phenoxy) is 3. The van der Waals surface area contributed by atoms with E-state index in [0.29, 0.717) is 35.9 Å². The Morgan fingerprint density at radius 3 is 2.51 bits per heavy atom. The molecule has 2 aromatic carbocycles. The third kappa shape index (κ3) is 6.84. The first kappa shape index (κ1) is 29.9. The lowest BCUT2D eigenvalue weighted by atomic mass is 9.87. The van der Waals surface area contributed by atoms with Crippen molar-refractivity contribution in [1.82, 2.24) is 9.88 Å². The Bertz CT molecular complexity index is 1410. The van der Waals surface area contributed by atoms with Crippen LogP contribution in [0.3, 0.4) is 0 Å². The van der Waals surface area contributed by atoms with E-state index in [2.05, 4.69) is 46.0 Å². The Kier molecular flexibility index (Phi) is 9.51. The summed E-state index contributed by atoms with van der Waals surface area (Å²) in [5.41, 5.74) is 5.79. The van der Waals surface area contributed by atoms with Gasteiger partial charge in [-0.15, -0.1) is 0 Å². The van der Waals surface area contributed by atoms with Crippen LogP contribution in [0.15, 0.2) is 54.7 Å². The number of anilines is 1. The summed E-state index contributed by atoms with van der Waals surface area (Å²) >= 11 is 6.71. The summed E-state index contributed by atoms with van der Waals surface area (Å²) in [5.74, 6) is 2.06. The second-order valence-corrected chi connectivity index (χ2v) is 12.4. The highest BCUT2D eigenvalue weighted by Gasteiger charge is 2.30. The highest BCUT2D eigenvalue weighted by molar-refractivity contribution is 6.32. The van der Waals surface area contributed by atoms with Gasteiger partial charge in [-0.2, -0.15) is 0 Å². The molecule has 3 aliphatic heterocycles. The third-order valence-electron chi connectivity index (χ3n) is 9.34. The number of carbonyl (C=O) groups excluding carboxylic acids is 1. The molecule has 0 atom stereocenters. The molecule has 8 heteroatoms. The van der Waals surface area contributed by atoms with E-state index < -0.39 is 0 Å². The minimum atomic E-state index is -0.0880. The maximum atomic E-state index is 12.2. The number of carbonyl (C=O) groups is 1. The zero-order chi connectivity index (χ0) is 29.8. The van der Waals surface area contributed by atoms with E-state index in [0.717, 1.165) is 69.2 Å². The predicted molar refractivity (Wildman–Crippen MR) is 170 cm³/mol. The number of rotatable bonds is 9. The zero-order valence-corrected chi connectivity index (χ0v) is 26.0. The van der Waals surface area contributed by atoms with Gasteiger partial charge in [-0.3, -0.25) is 9.69 Å². The number of pyridine rings is 1. The number of halogens is 1. The van der Waals surface area contributed by atoms with Gasteiger partial charge in [0.25, 0.3) is 0 Å². The molecule has 0 aliphatic carbocycles. The second kappa shape index (κ2) is 13.7. The summed E-state index contributed by atoms with van der Waals surface area (Å²) < 4.78 is 17.1. The van der Waals surface area contributed by atoms with Crippen molar-refractivity contribution in [3.8, 4) is 16.9 Å². The molecular weight excluding hydrogens is 562 g/mol. The Labute approximate surface area is 260 Å². The Hall–Kier alpha value is -3.13. The molecule has 0 amide bonds. The highest BCUT2D eigenvalue weighted by atomic mass is 35.5. The summed E-state index contributed by atoms with van der Waals surface area (Å²) in [4.78, 5) is 21.7. The molecular formula is C35H42ClN3O4. The van der Waals surface area contributed by atoms with Gasteiger partial charge in [0.15, 0.2) is 0 Å². The van der Waals surface area contributed by atoms with Gasteiger partial charge in [-0.1, -0.05) is 41.9 Å². The average molecular weight is 604 g/mol. The number of esters is 1. The van der Waals surface area contributed by atoms with Gasteiger partial charge in [-0.05, 0) is 99.0 Å². The van der Waals surface area contributed by atoms with Gasteiger partial charge in [0.2, 0.25) is 0 Å². The van der Waals surface area contributed by atoms with E-state index in [1.54, 1.807) is 0 Å². The molecule has 3 aliphatic rings. The number of likely N-dealkylation sites (tertiary alicyclic amines) is 1. The predicted octanol–water partition coefficient (Wildman–Crippen LogP) is 6.65. The molecule has 0 spiro atoms. The number of aryl methyl sites for hydroxylation is 1. The van der Waals surface area contributed by atoms with Crippen LogP contribution < -0.4 is 9.64 Å². The summed E-state index contributed by atoms with van der Waals surface area (Å²) in [6.45, 7) is 10.5. The van der Waals surface area contributed by atoms with Crippen molar-refractivity contribution in [2.75, 3.05) is 50.9 Å². The van der Waals surface area contributed by atoms with Crippen LogP contribution >= 0.6 is 11.6 Å². The molecule has 0 bridgehead atoms. The first-order valence-corrected chi connectivity index (χ1v) is 16.1. The molecule has 3 aromatic rings. The van der Waals surface area contributed by atoms with Crippen molar-refractivity contribution in [2.24, 2.45) is 5.92 Å². The van der Waals surface area contributed by atoms with Gasteiger partial charge < -0.3 is 19.1 Å². The van der Waals surface area contributed by atoms with Gasteiger partial charge in [-0.25, -0.2) is 4.98 Å². The molecule has 0 saturated carbocycles. The normalized spacial score (nSPS) is 18.8. The summed E-state index contributed by atoms with van der Waals surface area (Å²) in [6, 6.07) is 17.4. The molecule has 7 nitrogen and oxygen atoms in total. The lowest BCUT2D eigenvalue weighted by molar-refractivity contribution is -0.148. The average Bonchev–Trinajstić information content (AvgIpc) is 3.01. The quantitative estimate of drug-likeness (QED) is 0.254. The van der Waals surface area contributed by atoms with E-state index >= 15 is 0 Å². The molecule has 4 heterocycles. The van der Waals surface area contributed by atoms with Crippen LogP contribution in [-0.4, -0.2) is 67.9 Å². The van der Waals surface area contributed by atoms with Crippen LogP contribution in [0.1, 0.15) is 55.2 Å². The van der Waals surface area contributed by atoms with Crippen LogP contribution in [0.2, 0.25) is 5.02 Å². The Morgan fingerprint density at radius 1 is 1.02 bits per heavy atom. The standard InChI is InChI=1S/C35H42ClN3O4/c1-3-42-35(40)26-12-17-39(18-13-26)33-20-28(9-14-37-33)31-5-4-6-32(36)34(31)43-21-29-8-7-27(19-24(29)2)25-10-15-38(16-11-25)30-22-41-23-30/h4-9,14,19-20,25-26,30H,3,10-13,15-18,21-23H2,1-2H3. The van der Waals surface area contributed by atoms with Gasteiger partial charge >= 0.3 is 5.97 Å². The van der Waals surface area contributed by atoms with Gasteiger partial charge in [0.1, 0.15) is 18.2 Å². The largest absolute Gasteiger partial charge is 0.487 e. The Balaban J connectivity index is 1.11. The number of aromatic nitrogens is 1. The first-order chi connectivity index (χ1) is 21.0. The smallest absolute Gasteiger partial charge is 0.309 e. The van der Waals surface area contributed by atoms with Crippen molar-refractivity contribution in [3.05, 3.63) is 76.4 Å². The first-order valence-electron chi connectivity index (χ1n) is 15.7. The maximum absolute atomic E-state index is 12.2. The van der Waals surface area contributed by atoms with Crippen LogP contribution in [0, 0.1) is 12.8 Å². The van der Waals surface area contributed by atoms with E-state index in [-0.39, 0.29) is 11.9 Å². The summed E-state index contributed by atoms with van der Waals surface area (Å²) in [7, 11) is 0. The monoisotopic (exact) mass is 603 g/mol. The topological polar surface area (TPSA) is 64.1 Å². The molecule has 0 N–H and O–H groups in total. The summed E-state index contributed by atoms with van der Waals surface area (Å²) in [6.07, 6.45) is 5.77. The number of benzene rings is 2. The molecule has 43 heavy (non-hydrogen) atoms. The molecule has 1 aromatic heterocycles. The SMILES string of the molecule is CCOC(=O)C1CCN(c2cc(-c3cccc(Cl)c3OCc3ccc(C4CCN(C5COC5)CC4)cc3C)ccn2)CC1. The fourth-order valence-electron chi connectivity index (χ4n) is 6.56. The van der Waals surface area contributed by atoms with E-state index in [1.165, 1.54) is 29.5 Å².